The molecular weight excluding hydrogens is 394 g/mol. The van der Waals surface area contributed by atoms with Crippen molar-refractivity contribution < 1.29 is 4.74 Å². The number of halogens is 1. The average molecular weight is 420 g/mol. The highest BCUT2D eigenvalue weighted by atomic mass is 35.5. The number of nitrogens with zero attached hydrogens (tertiary/aromatic N) is 3. The van der Waals surface area contributed by atoms with Gasteiger partial charge in [-0.25, -0.2) is 0 Å². The van der Waals surface area contributed by atoms with Crippen molar-refractivity contribution in [1.29, 1.82) is 0 Å². The lowest BCUT2D eigenvalue weighted by Gasteiger charge is -2.44. The molecule has 1 aliphatic carbocycles. The first kappa shape index (κ1) is 20.6. The largest absolute Gasteiger partial charge is 0.457 e. The van der Waals surface area contributed by atoms with Gasteiger partial charge in [0.15, 0.2) is 0 Å². The lowest BCUT2D eigenvalue weighted by Crippen LogP contribution is -2.55. The zero-order valence-corrected chi connectivity index (χ0v) is 17.9. The summed E-state index contributed by atoms with van der Waals surface area (Å²) in [4.78, 5) is 11.9. The van der Waals surface area contributed by atoms with Gasteiger partial charge in [0.1, 0.15) is 11.5 Å². The maximum absolute atomic E-state index is 6.09. The number of ether oxygens (including phenoxy) is 1. The van der Waals surface area contributed by atoms with E-state index in [2.05, 4.69) is 47.2 Å². The van der Waals surface area contributed by atoms with Gasteiger partial charge in [-0.2, -0.15) is 0 Å². The summed E-state index contributed by atoms with van der Waals surface area (Å²) in [7, 11) is 0. The Kier molecular flexibility index (Phi) is 5.89. The number of hydrogen-bond acceptors (Lipinski definition) is 4. The molecule has 3 aliphatic rings. The fourth-order valence-electron chi connectivity index (χ4n) is 4.82. The number of para-hydroxylation sites is 1. The number of likely N-dealkylation sites (tertiary alicyclic amines) is 1. The van der Waals surface area contributed by atoms with Gasteiger partial charge >= 0.3 is 0 Å². The first-order chi connectivity index (χ1) is 14.3. The molecule has 0 amide bonds. The van der Waals surface area contributed by atoms with Crippen LogP contribution >= 0.6 is 12.4 Å². The molecule has 0 radical (unpaired) electrons. The fourth-order valence-corrected chi connectivity index (χ4v) is 4.82. The monoisotopic (exact) mass is 419 g/mol. The van der Waals surface area contributed by atoms with Gasteiger partial charge in [0, 0.05) is 49.6 Å². The van der Waals surface area contributed by atoms with E-state index in [1.807, 2.05) is 48.8 Å². The van der Waals surface area contributed by atoms with E-state index in [-0.39, 0.29) is 17.9 Å². The van der Waals surface area contributed by atoms with Crippen LogP contribution in [0.4, 0.5) is 0 Å². The van der Waals surface area contributed by atoms with Crippen LogP contribution in [0, 0.1) is 5.92 Å². The van der Waals surface area contributed by atoms with Gasteiger partial charge in [0.05, 0.1) is 11.3 Å². The highest BCUT2D eigenvalue weighted by molar-refractivity contribution is 6.07. The summed E-state index contributed by atoms with van der Waals surface area (Å²) < 4.78 is 6.09. The van der Waals surface area contributed by atoms with E-state index >= 15 is 0 Å². The normalized spacial score (nSPS) is 24.7. The Bertz CT molecular complexity index is 1010. The maximum Gasteiger partial charge on any atom is 0.129 e. The van der Waals surface area contributed by atoms with Gasteiger partial charge < -0.3 is 4.74 Å². The molecule has 0 bridgehead atoms. The highest BCUT2D eigenvalue weighted by Gasteiger charge is 2.52. The van der Waals surface area contributed by atoms with Crippen LogP contribution in [0.25, 0.3) is 0 Å². The molecule has 4 nitrogen and oxygen atoms in total. The zero-order valence-electron chi connectivity index (χ0n) is 17.1. The van der Waals surface area contributed by atoms with Crippen LogP contribution in [0.1, 0.15) is 19.0 Å². The van der Waals surface area contributed by atoms with Gasteiger partial charge in [0.25, 0.3) is 0 Å². The summed E-state index contributed by atoms with van der Waals surface area (Å²) in [6.45, 7) is 4.24. The molecule has 1 spiro atoms. The molecule has 1 saturated heterocycles. The SMILES string of the molecule is CC1=CN=C2C=C(Oc3ccccc3)C=CC23C1CCN3CCc1ccccn1.Cl. The molecule has 5 heteroatoms. The van der Waals surface area contributed by atoms with E-state index in [1.165, 1.54) is 5.57 Å². The van der Waals surface area contributed by atoms with E-state index in [0.29, 0.717) is 5.92 Å². The number of aliphatic imine (C=N–C) groups is 1. The topological polar surface area (TPSA) is 37.7 Å². The fraction of sp³-hybridized carbons (Fsp3) is 0.280. The summed E-state index contributed by atoms with van der Waals surface area (Å²) in [5.41, 5.74) is 3.41. The first-order valence-electron chi connectivity index (χ1n) is 10.3. The van der Waals surface area contributed by atoms with Crippen molar-refractivity contribution in [1.82, 2.24) is 9.88 Å². The molecule has 2 aliphatic heterocycles. The summed E-state index contributed by atoms with van der Waals surface area (Å²) in [5.74, 6) is 2.14. The summed E-state index contributed by atoms with van der Waals surface area (Å²) in [6, 6.07) is 16.1. The van der Waals surface area contributed by atoms with Gasteiger partial charge in [0.2, 0.25) is 0 Å². The van der Waals surface area contributed by atoms with Crippen LogP contribution in [0.2, 0.25) is 0 Å². The summed E-state index contributed by atoms with van der Waals surface area (Å²) >= 11 is 0. The first-order valence-corrected chi connectivity index (χ1v) is 10.3. The van der Waals surface area contributed by atoms with E-state index < -0.39 is 0 Å². The predicted octanol–water partition coefficient (Wildman–Crippen LogP) is 5.00. The second-order valence-corrected chi connectivity index (χ2v) is 7.91. The van der Waals surface area contributed by atoms with Crippen LogP contribution in [-0.2, 0) is 6.42 Å². The maximum atomic E-state index is 6.09. The smallest absolute Gasteiger partial charge is 0.129 e. The van der Waals surface area contributed by atoms with Crippen molar-refractivity contribution in [2.75, 3.05) is 13.1 Å². The van der Waals surface area contributed by atoms with Crippen LogP contribution < -0.4 is 4.74 Å². The second kappa shape index (κ2) is 8.58. The quantitative estimate of drug-likeness (QED) is 0.684. The number of aromatic nitrogens is 1. The average Bonchev–Trinajstić information content (AvgIpc) is 3.14. The lowest BCUT2D eigenvalue weighted by molar-refractivity contribution is 0.224. The molecule has 30 heavy (non-hydrogen) atoms. The molecular formula is C25H26ClN3O. The zero-order chi connectivity index (χ0) is 19.7. The molecule has 0 N–H and O–H groups in total. The van der Waals surface area contributed by atoms with Crippen molar-refractivity contribution in [2.45, 2.75) is 25.3 Å². The number of allylic oxidation sites excluding steroid dienone is 1. The van der Waals surface area contributed by atoms with Crippen molar-refractivity contribution in [3.8, 4) is 5.75 Å². The Morgan fingerprint density at radius 2 is 1.97 bits per heavy atom. The van der Waals surface area contributed by atoms with Gasteiger partial charge in [-0.15, -0.1) is 12.4 Å². The number of pyridine rings is 1. The Morgan fingerprint density at radius 1 is 1.13 bits per heavy atom. The van der Waals surface area contributed by atoms with Gasteiger partial charge in [-0.3, -0.25) is 14.9 Å². The molecule has 3 heterocycles. The van der Waals surface area contributed by atoms with E-state index in [9.17, 15) is 0 Å². The predicted molar refractivity (Wildman–Crippen MR) is 123 cm³/mol. The third-order valence-electron chi connectivity index (χ3n) is 6.23. The molecule has 5 rings (SSSR count). The third-order valence-corrected chi connectivity index (χ3v) is 6.23. The molecule has 2 atom stereocenters. The van der Waals surface area contributed by atoms with Crippen molar-refractivity contribution >= 4 is 18.1 Å². The minimum absolute atomic E-state index is 0. The Hall–Kier alpha value is -2.69. The molecule has 2 unspecified atom stereocenters. The molecule has 1 aromatic carbocycles. The van der Waals surface area contributed by atoms with Gasteiger partial charge in [-0.05, 0) is 49.3 Å². The summed E-state index contributed by atoms with van der Waals surface area (Å²) in [5, 5.41) is 0. The Labute approximate surface area is 184 Å². The van der Waals surface area contributed by atoms with E-state index in [1.54, 1.807) is 0 Å². The summed E-state index contributed by atoms with van der Waals surface area (Å²) in [6.07, 6.45) is 12.6. The van der Waals surface area contributed by atoms with Crippen LogP contribution in [-0.4, -0.2) is 34.2 Å². The standard InChI is InChI=1S/C25H25N3O.ClH/c1-19-18-27-24-17-22(29-21-8-3-2-4-9-21)10-13-25(24)23(19)12-16-28(25)15-11-20-7-5-6-14-26-20;/h2-10,13-14,17-18,23H,11-12,15-16H2,1H3;1H. The second-order valence-electron chi connectivity index (χ2n) is 7.91. The molecule has 1 aromatic heterocycles. The van der Waals surface area contributed by atoms with Crippen molar-refractivity contribution in [3.63, 3.8) is 0 Å². The number of benzene rings is 1. The Morgan fingerprint density at radius 3 is 2.77 bits per heavy atom. The van der Waals surface area contributed by atoms with Crippen LogP contribution in [0.15, 0.2) is 95.5 Å². The van der Waals surface area contributed by atoms with Crippen LogP contribution in [0.5, 0.6) is 5.75 Å². The van der Waals surface area contributed by atoms with Crippen molar-refractivity contribution in [3.05, 3.63) is 96.2 Å². The minimum atomic E-state index is -0.169. The molecule has 2 aromatic rings. The van der Waals surface area contributed by atoms with Crippen molar-refractivity contribution in [2.24, 2.45) is 10.9 Å². The number of hydrogen-bond donors (Lipinski definition) is 0. The highest BCUT2D eigenvalue weighted by Crippen LogP contribution is 2.46. The third kappa shape index (κ3) is 3.62. The van der Waals surface area contributed by atoms with E-state index in [0.717, 1.165) is 48.8 Å². The molecule has 1 fully saturated rings. The minimum Gasteiger partial charge on any atom is -0.457 e. The molecule has 0 saturated carbocycles. The Balaban J connectivity index is 0.00000218. The molecule has 154 valence electrons. The van der Waals surface area contributed by atoms with Crippen LogP contribution in [0.3, 0.4) is 0 Å². The van der Waals surface area contributed by atoms with E-state index in [4.69, 9.17) is 9.73 Å². The number of rotatable bonds is 5. The van der Waals surface area contributed by atoms with Gasteiger partial charge in [-0.1, -0.05) is 30.3 Å². The lowest BCUT2D eigenvalue weighted by atomic mass is 9.73.